The van der Waals surface area contributed by atoms with Crippen LogP contribution in [0.15, 0.2) is 24.3 Å². The first-order chi connectivity index (χ1) is 8.90. The summed E-state index contributed by atoms with van der Waals surface area (Å²) in [5.74, 6) is -1.19. The molecule has 0 amide bonds. The van der Waals surface area contributed by atoms with Crippen molar-refractivity contribution in [2.24, 2.45) is 0 Å². The second-order valence-corrected chi connectivity index (χ2v) is 6.24. The van der Waals surface area contributed by atoms with Crippen molar-refractivity contribution in [1.82, 2.24) is 9.03 Å². The first kappa shape index (κ1) is 14.0. The van der Waals surface area contributed by atoms with E-state index in [-0.39, 0.29) is 6.54 Å². The van der Waals surface area contributed by atoms with E-state index in [0.717, 1.165) is 11.1 Å². The highest BCUT2D eigenvalue weighted by Crippen LogP contribution is 2.20. The van der Waals surface area contributed by atoms with Gasteiger partial charge in [-0.2, -0.15) is 17.4 Å². The van der Waals surface area contributed by atoms with Crippen LogP contribution in [-0.4, -0.2) is 36.4 Å². The molecule has 1 unspecified atom stereocenters. The predicted molar refractivity (Wildman–Crippen MR) is 69.7 cm³/mol. The lowest BCUT2D eigenvalue weighted by Crippen LogP contribution is -2.48. The highest BCUT2D eigenvalue weighted by Gasteiger charge is 2.29. The summed E-state index contributed by atoms with van der Waals surface area (Å²) in [6, 6.07) is 6.52. The normalized spacial score (nSPS) is 17.7. The molecule has 2 rings (SSSR count). The molecule has 1 aromatic rings. The van der Waals surface area contributed by atoms with Crippen LogP contribution in [-0.2, 0) is 28.0 Å². The molecule has 1 aromatic carbocycles. The van der Waals surface area contributed by atoms with Crippen molar-refractivity contribution in [3.05, 3.63) is 35.4 Å². The molecule has 0 radical (unpaired) electrons. The van der Waals surface area contributed by atoms with E-state index in [9.17, 15) is 13.2 Å². The van der Waals surface area contributed by atoms with Gasteiger partial charge in [0.1, 0.15) is 6.04 Å². The van der Waals surface area contributed by atoms with Crippen LogP contribution >= 0.6 is 0 Å². The minimum atomic E-state index is -3.77. The quantitative estimate of drug-likeness (QED) is 0.835. The van der Waals surface area contributed by atoms with Gasteiger partial charge in [-0.3, -0.25) is 4.79 Å². The Labute approximate surface area is 112 Å². The Morgan fingerprint density at radius 1 is 1.37 bits per heavy atom. The van der Waals surface area contributed by atoms with Crippen molar-refractivity contribution in [3.63, 3.8) is 0 Å². The largest absolute Gasteiger partial charge is 0.480 e. The van der Waals surface area contributed by atoms with Crippen molar-refractivity contribution in [2.75, 3.05) is 6.54 Å². The topological polar surface area (TPSA) is 86.7 Å². The molecular formula is C12H16N2O4S. The Morgan fingerprint density at radius 3 is 2.63 bits per heavy atom. The van der Waals surface area contributed by atoms with Gasteiger partial charge in [0.25, 0.3) is 10.2 Å². The molecule has 7 heteroatoms. The van der Waals surface area contributed by atoms with E-state index in [2.05, 4.69) is 4.72 Å². The lowest BCUT2D eigenvalue weighted by Gasteiger charge is -2.28. The van der Waals surface area contributed by atoms with Crippen molar-refractivity contribution < 1.29 is 18.3 Å². The summed E-state index contributed by atoms with van der Waals surface area (Å²) >= 11 is 0. The third-order valence-corrected chi connectivity index (χ3v) is 4.77. The molecule has 0 saturated heterocycles. The highest BCUT2D eigenvalue weighted by molar-refractivity contribution is 7.87. The minimum absolute atomic E-state index is 0.276. The Morgan fingerprint density at radius 2 is 2.00 bits per heavy atom. The lowest BCUT2D eigenvalue weighted by molar-refractivity contribution is -0.138. The summed E-state index contributed by atoms with van der Waals surface area (Å²) < 4.78 is 27.6. The standard InChI is InChI=1S/C12H16N2O4S/c1-9(12(15)16)13-19(17,18)14-7-6-10-4-2-3-5-11(10)8-14/h2-5,9,13H,6-8H2,1H3,(H,15,16). The summed E-state index contributed by atoms with van der Waals surface area (Å²) in [6.07, 6.45) is 0.637. The number of carboxylic acid groups (broad SMARTS) is 1. The van der Waals surface area contributed by atoms with Crippen LogP contribution in [0, 0.1) is 0 Å². The molecule has 0 spiro atoms. The molecule has 19 heavy (non-hydrogen) atoms. The molecule has 1 aliphatic heterocycles. The third-order valence-electron chi connectivity index (χ3n) is 3.13. The number of carbonyl (C=O) groups is 1. The van der Waals surface area contributed by atoms with Gasteiger partial charge < -0.3 is 5.11 Å². The fourth-order valence-corrected chi connectivity index (χ4v) is 3.36. The fourth-order valence-electron chi connectivity index (χ4n) is 2.02. The van der Waals surface area contributed by atoms with E-state index in [4.69, 9.17) is 5.11 Å². The van der Waals surface area contributed by atoms with Crippen molar-refractivity contribution in [3.8, 4) is 0 Å². The van der Waals surface area contributed by atoms with Gasteiger partial charge in [0.15, 0.2) is 0 Å². The van der Waals surface area contributed by atoms with Crippen LogP contribution in [0.4, 0.5) is 0 Å². The van der Waals surface area contributed by atoms with Gasteiger partial charge in [0, 0.05) is 13.1 Å². The van der Waals surface area contributed by atoms with Crippen LogP contribution in [0.1, 0.15) is 18.1 Å². The number of nitrogens with zero attached hydrogens (tertiary/aromatic N) is 1. The minimum Gasteiger partial charge on any atom is -0.480 e. The Balaban J connectivity index is 2.14. The van der Waals surface area contributed by atoms with E-state index in [1.165, 1.54) is 11.2 Å². The summed E-state index contributed by atoms with van der Waals surface area (Å²) in [5.41, 5.74) is 2.10. The van der Waals surface area contributed by atoms with E-state index < -0.39 is 22.2 Å². The number of aliphatic carboxylic acids is 1. The summed E-state index contributed by atoms with van der Waals surface area (Å²) in [6.45, 7) is 1.94. The van der Waals surface area contributed by atoms with Crippen molar-refractivity contribution >= 4 is 16.2 Å². The Kier molecular flexibility index (Phi) is 3.88. The van der Waals surface area contributed by atoms with Gasteiger partial charge in [-0.05, 0) is 24.5 Å². The molecular weight excluding hydrogens is 268 g/mol. The van der Waals surface area contributed by atoms with Gasteiger partial charge in [-0.25, -0.2) is 0 Å². The smallest absolute Gasteiger partial charge is 0.321 e. The van der Waals surface area contributed by atoms with Gasteiger partial charge in [0.05, 0.1) is 0 Å². The molecule has 1 heterocycles. The molecule has 104 valence electrons. The average molecular weight is 284 g/mol. The lowest BCUT2D eigenvalue weighted by atomic mass is 10.0. The van der Waals surface area contributed by atoms with E-state index >= 15 is 0 Å². The maximum absolute atomic E-state index is 12.1. The average Bonchev–Trinajstić information content (AvgIpc) is 2.37. The van der Waals surface area contributed by atoms with Gasteiger partial charge in [-0.15, -0.1) is 0 Å². The fraction of sp³-hybridized carbons (Fsp3) is 0.417. The number of hydrogen-bond acceptors (Lipinski definition) is 3. The second-order valence-electron chi connectivity index (χ2n) is 4.54. The van der Waals surface area contributed by atoms with Crippen LogP contribution in [0.5, 0.6) is 0 Å². The molecule has 0 bridgehead atoms. The Bertz CT molecular complexity index is 585. The number of carboxylic acids is 1. The van der Waals surface area contributed by atoms with E-state index in [1.54, 1.807) is 0 Å². The van der Waals surface area contributed by atoms with Crippen LogP contribution in [0.3, 0.4) is 0 Å². The predicted octanol–water partition coefficient (Wildman–Crippen LogP) is 0.352. The summed E-state index contributed by atoms with van der Waals surface area (Å²) in [7, 11) is -3.77. The van der Waals surface area contributed by atoms with E-state index in [0.29, 0.717) is 13.0 Å². The second kappa shape index (κ2) is 5.28. The van der Waals surface area contributed by atoms with Crippen molar-refractivity contribution in [2.45, 2.75) is 25.9 Å². The number of hydrogen-bond donors (Lipinski definition) is 2. The number of benzene rings is 1. The maximum Gasteiger partial charge on any atom is 0.321 e. The number of nitrogens with one attached hydrogen (secondary N) is 1. The summed E-state index contributed by atoms with van der Waals surface area (Å²) in [5, 5.41) is 8.76. The zero-order chi connectivity index (χ0) is 14.0. The number of fused-ring (bicyclic) bond motifs is 1. The molecule has 1 atom stereocenters. The Hall–Kier alpha value is -1.44. The molecule has 0 fully saturated rings. The zero-order valence-electron chi connectivity index (χ0n) is 10.5. The zero-order valence-corrected chi connectivity index (χ0v) is 11.4. The molecule has 0 saturated carbocycles. The maximum atomic E-state index is 12.1. The SMILES string of the molecule is CC(NS(=O)(=O)N1CCc2ccccc2C1)C(=O)O. The molecule has 1 aliphatic rings. The first-order valence-electron chi connectivity index (χ1n) is 5.97. The monoisotopic (exact) mass is 284 g/mol. The van der Waals surface area contributed by atoms with Gasteiger partial charge >= 0.3 is 5.97 Å². The molecule has 6 nitrogen and oxygen atoms in total. The van der Waals surface area contributed by atoms with Gasteiger partial charge in [0.2, 0.25) is 0 Å². The number of rotatable bonds is 4. The van der Waals surface area contributed by atoms with Gasteiger partial charge in [-0.1, -0.05) is 24.3 Å². The first-order valence-corrected chi connectivity index (χ1v) is 7.41. The van der Waals surface area contributed by atoms with Crippen molar-refractivity contribution in [1.29, 1.82) is 0 Å². The van der Waals surface area contributed by atoms with Crippen LogP contribution in [0.2, 0.25) is 0 Å². The molecule has 0 aromatic heterocycles. The van der Waals surface area contributed by atoms with Crippen LogP contribution < -0.4 is 4.72 Å². The third kappa shape index (κ3) is 3.12. The highest BCUT2D eigenvalue weighted by atomic mass is 32.2. The van der Waals surface area contributed by atoms with E-state index in [1.807, 2.05) is 24.3 Å². The molecule has 2 N–H and O–H groups in total. The van der Waals surface area contributed by atoms with Crippen LogP contribution in [0.25, 0.3) is 0 Å². The molecule has 0 aliphatic carbocycles. The summed E-state index contributed by atoms with van der Waals surface area (Å²) in [4.78, 5) is 10.7.